The highest BCUT2D eigenvalue weighted by atomic mass is 32.2. The number of rotatable bonds is 4. The predicted molar refractivity (Wildman–Crippen MR) is 81.0 cm³/mol. The SMILES string of the molecule is CCN1CCCC(Nc2ccc(S(N)(=O)=O)cc2N)C1. The minimum atomic E-state index is -3.70. The third kappa shape index (κ3) is 3.62. The Bertz CT molecular complexity index is 574. The van der Waals surface area contributed by atoms with Crippen LogP contribution in [0.5, 0.6) is 0 Å². The van der Waals surface area contributed by atoms with Gasteiger partial charge in [0.05, 0.1) is 16.3 Å². The van der Waals surface area contributed by atoms with Crippen LogP contribution in [0.1, 0.15) is 19.8 Å². The van der Waals surface area contributed by atoms with Crippen molar-refractivity contribution in [3.8, 4) is 0 Å². The molecule has 112 valence electrons. The van der Waals surface area contributed by atoms with Crippen LogP contribution < -0.4 is 16.2 Å². The molecule has 1 heterocycles. The summed E-state index contributed by atoms with van der Waals surface area (Å²) in [6.07, 6.45) is 2.24. The van der Waals surface area contributed by atoms with Crippen LogP contribution >= 0.6 is 0 Å². The van der Waals surface area contributed by atoms with E-state index >= 15 is 0 Å². The molecular formula is C13H22N4O2S. The molecule has 7 heteroatoms. The van der Waals surface area contributed by atoms with Gasteiger partial charge in [-0.15, -0.1) is 0 Å². The molecule has 1 aliphatic heterocycles. The third-order valence-corrected chi connectivity index (χ3v) is 4.57. The Morgan fingerprint density at radius 1 is 1.45 bits per heavy atom. The Morgan fingerprint density at radius 2 is 2.20 bits per heavy atom. The molecule has 6 nitrogen and oxygen atoms in total. The van der Waals surface area contributed by atoms with Crippen molar-refractivity contribution in [3.05, 3.63) is 18.2 Å². The van der Waals surface area contributed by atoms with Crippen molar-refractivity contribution >= 4 is 21.4 Å². The lowest BCUT2D eigenvalue weighted by atomic mass is 10.1. The van der Waals surface area contributed by atoms with E-state index < -0.39 is 10.0 Å². The van der Waals surface area contributed by atoms with Crippen molar-refractivity contribution in [2.75, 3.05) is 30.7 Å². The lowest BCUT2D eigenvalue weighted by Crippen LogP contribution is -2.41. The van der Waals surface area contributed by atoms with E-state index in [0.29, 0.717) is 11.7 Å². The fraction of sp³-hybridized carbons (Fsp3) is 0.538. The number of nitrogen functional groups attached to an aromatic ring is 1. The van der Waals surface area contributed by atoms with E-state index in [4.69, 9.17) is 10.9 Å². The molecule has 0 saturated carbocycles. The summed E-state index contributed by atoms with van der Waals surface area (Å²) in [5.41, 5.74) is 7.08. The first-order valence-electron chi connectivity index (χ1n) is 6.81. The highest BCUT2D eigenvalue weighted by molar-refractivity contribution is 7.89. The molecule has 2 rings (SSSR count). The predicted octanol–water partition coefficient (Wildman–Crippen LogP) is 0.812. The number of piperidine rings is 1. The van der Waals surface area contributed by atoms with Crippen LogP contribution in [0, 0.1) is 0 Å². The number of benzene rings is 1. The van der Waals surface area contributed by atoms with E-state index in [1.807, 2.05) is 0 Å². The van der Waals surface area contributed by atoms with Gasteiger partial charge in [-0.05, 0) is 44.1 Å². The molecule has 1 aromatic carbocycles. The zero-order valence-electron chi connectivity index (χ0n) is 11.7. The Kier molecular flexibility index (Phi) is 4.52. The summed E-state index contributed by atoms with van der Waals surface area (Å²) in [6.45, 7) is 5.30. The van der Waals surface area contributed by atoms with Gasteiger partial charge in [0.25, 0.3) is 0 Å². The normalized spacial score (nSPS) is 20.8. The summed E-state index contributed by atoms with van der Waals surface area (Å²) < 4.78 is 22.5. The Balaban J connectivity index is 2.10. The molecular weight excluding hydrogens is 276 g/mol. The molecule has 0 bridgehead atoms. The molecule has 0 spiro atoms. The number of likely N-dealkylation sites (N-methyl/N-ethyl adjacent to an activating group) is 1. The molecule has 5 N–H and O–H groups in total. The molecule has 0 radical (unpaired) electrons. The lowest BCUT2D eigenvalue weighted by Gasteiger charge is -2.33. The van der Waals surface area contributed by atoms with Gasteiger partial charge in [-0.25, -0.2) is 13.6 Å². The van der Waals surface area contributed by atoms with Crippen molar-refractivity contribution in [3.63, 3.8) is 0 Å². The van der Waals surface area contributed by atoms with Crippen LogP contribution in [0.2, 0.25) is 0 Å². The van der Waals surface area contributed by atoms with Crippen LogP contribution in [0.4, 0.5) is 11.4 Å². The summed E-state index contributed by atoms with van der Waals surface area (Å²) in [7, 11) is -3.70. The maximum absolute atomic E-state index is 11.3. The van der Waals surface area contributed by atoms with Crippen molar-refractivity contribution in [2.24, 2.45) is 5.14 Å². The molecule has 0 amide bonds. The number of likely N-dealkylation sites (tertiary alicyclic amines) is 1. The van der Waals surface area contributed by atoms with E-state index in [1.165, 1.54) is 12.1 Å². The first kappa shape index (κ1) is 15.1. The quantitative estimate of drug-likeness (QED) is 0.714. The topological polar surface area (TPSA) is 101 Å². The molecule has 1 fully saturated rings. The fourth-order valence-electron chi connectivity index (χ4n) is 2.53. The molecule has 1 aliphatic rings. The zero-order chi connectivity index (χ0) is 14.8. The van der Waals surface area contributed by atoms with Crippen molar-refractivity contribution < 1.29 is 8.42 Å². The number of primary sulfonamides is 1. The Morgan fingerprint density at radius 3 is 2.80 bits per heavy atom. The number of hydrogen-bond acceptors (Lipinski definition) is 5. The maximum Gasteiger partial charge on any atom is 0.238 e. The lowest BCUT2D eigenvalue weighted by molar-refractivity contribution is 0.227. The van der Waals surface area contributed by atoms with E-state index in [-0.39, 0.29) is 4.90 Å². The van der Waals surface area contributed by atoms with Gasteiger partial charge in [0, 0.05) is 12.6 Å². The maximum atomic E-state index is 11.3. The van der Waals surface area contributed by atoms with Crippen LogP contribution in [-0.2, 0) is 10.0 Å². The largest absolute Gasteiger partial charge is 0.397 e. The van der Waals surface area contributed by atoms with Crippen LogP contribution in [0.25, 0.3) is 0 Å². The monoisotopic (exact) mass is 298 g/mol. The van der Waals surface area contributed by atoms with Crippen molar-refractivity contribution in [2.45, 2.75) is 30.7 Å². The third-order valence-electron chi connectivity index (χ3n) is 3.66. The molecule has 1 aromatic rings. The minimum Gasteiger partial charge on any atom is -0.397 e. The number of nitrogens with one attached hydrogen (secondary N) is 1. The van der Waals surface area contributed by atoms with Crippen LogP contribution in [0.15, 0.2) is 23.1 Å². The molecule has 0 aromatic heterocycles. The molecule has 1 atom stereocenters. The van der Waals surface area contributed by atoms with E-state index in [1.54, 1.807) is 6.07 Å². The fourth-order valence-corrected chi connectivity index (χ4v) is 3.08. The highest BCUT2D eigenvalue weighted by Gasteiger charge is 2.19. The van der Waals surface area contributed by atoms with E-state index in [9.17, 15) is 8.42 Å². The average Bonchev–Trinajstić information content (AvgIpc) is 2.40. The summed E-state index contributed by atoms with van der Waals surface area (Å²) in [4.78, 5) is 2.43. The highest BCUT2D eigenvalue weighted by Crippen LogP contribution is 2.24. The molecule has 0 aliphatic carbocycles. The van der Waals surface area contributed by atoms with E-state index in [2.05, 4.69) is 17.1 Å². The van der Waals surface area contributed by atoms with Gasteiger partial charge in [0.15, 0.2) is 0 Å². The standard InChI is InChI=1S/C13H22N4O2S/c1-2-17-7-3-4-10(9-17)16-13-6-5-11(8-12(13)14)20(15,18)19/h5-6,8,10,16H,2-4,7,9,14H2,1H3,(H2,15,18,19). The minimum absolute atomic E-state index is 0.0411. The summed E-state index contributed by atoms with van der Waals surface area (Å²) in [5, 5.41) is 8.48. The number of nitrogens with two attached hydrogens (primary N) is 2. The van der Waals surface area contributed by atoms with E-state index in [0.717, 1.165) is 38.2 Å². The smallest absolute Gasteiger partial charge is 0.238 e. The second-order valence-corrected chi connectivity index (χ2v) is 6.73. The summed E-state index contributed by atoms with van der Waals surface area (Å²) in [6, 6.07) is 4.90. The first-order chi connectivity index (χ1) is 9.40. The molecule has 1 unspecified atom stereocenters. The first-order valence-corrected chi connectivity index (χ1v) is 8.36. The van der Waals surface area contributed by atoms with Gasteiger partial charge in [-0.3, -0.25) is 0 Å². The van der Waals surface area contributed by atoms with Gasteiger partial charge in [-0.1, -0.05) is 6.92 Å². The van der Waals surface area contributed by atoms with Crippen molar-refractivity contribution in [1.82, 2.24) is 4.90 Å². The second-order valence-electron chi connectivity index (χ2n) is 5.17. The number of anilines is 2. The van der Waals surface area contributed by atoms with Gasteiger partial charge < -0.3 is 16.0 Å². The number of hydrogen-bond donors (Lipinski definition) is 3. The Labute approximate surface area is 120 Å². The van der Waals surface area contributed by atoms with Crippen LogP contribution in [-0.4, -0.2) is 39.0 Å². The zero-order valence-corrected chi connectivity index (χ0v) is 12.5. The van der Waals surface area contributed by atoms with Crippen LogP contribution in [0.3, 0.4) is 0 Å². The molecule has 1 saturated heterocycles. The number of sulfonamides is 1. The van der Waals surface area contributed by atoms with Gasteiger partial charge >= 0.3 is 0 Å². The second kappa shape index (κ2) is 5.99. The average molecular weight is 298 g/mol. The van der Waals surface area contributed by atoms with Crippen molar-refractivity contribution in [1.29, 1.82) is 0 Å². The van der Waals surface area contributed by atoms with Gasteiger partial charge in [0.2, 0.25) is 10.0 Å². The van der Waals surface area contributed by atoms with Gasteiger partial charge in [0.1, 0.15) is 0 Å². The van der Waals surface area contributed by atoms with Gasteiger partial charge in [-0.2, -0.15) is 0 Å². The summed E-state index contributed by atoms with van der Waals surface area (Å²) in [5.74, 6) is 0. The summed E-state index contributed by atoms with van der Waals surface area (Å²) >= 11 is 0. The Hall–Kier alpha value is -1.31. The number of nitrogens with zero attached hydrogens (tertiary/aromatic N) is 1. The molecule has 20 heavy (non-hydrogen) atoms.